The van der Waals surface area contributed by atoms with E-state index in [1.165, 1.54) is 43.7 Å². The highest BCUT2D eigenvalue weighted by Crippen LogP contribution is 2.36. The molecule has 0 radical (unpaired) electrons. The third kappa shape index (κ3) is 6.00. The van der Waals surface area contributed by atoms with Crippen LogP contribution >= 0.6 is 0 Å². The van der Waals surface area contributed by atoms with Gasteiger partial charge in [0, 0.05) is 38.7 Å². The standard InChI is InChI=1S/C51H39N5/c52-50(37-14-4-1-5-15-37)54-51(38-16-6-2-7-17-38)53-34-55-46-22-12-10-20-42(46)44-30-28-39(32-48(44)55)35-24-26-36(27-25-35)40-29-31-45-43-21-11-13-23-47(43)56(49(45)33-40)41-18-8-3-9-19-41/h1-14,16-33,37H,15,34H2,(H2,52,53,54). The fraction of sp³-hybridized carbons (Fsp3) is 0.0588. The van der Waals surface area contributed by atoms with Gasteiger partial charge in [-0.15, -0.1) is 0 Å². The lowest BCUT2D eigenvalue weighted by atomic mass is 9.98. The molecule has 1 aliphatic rings. The van der Waals surface area contributed by atoms with Crippen LogP contribution in [0.5, 0.6) is 0 Å². The first-order chi connectivity index (χ1) is 27.7. The van der Waals surface area contributed by atoms with Gasteiger partial charge in [-0.25, -0.2) is 4.99 Å². The number of rotatable bonds is 7. The van der Waals surface area contributed by atoms with E-state index in [9.17, 15) is 0 Å². The van der Waals surface area contributed by atoms with Crippen LogP contribution in [-0.2, 0) is 6.67 Å². The molecule has 0 amide bonds. The highest BCUT2D eigenvalue weighted by molar-refractivity contribution is 6.11. The van der Waals surface area contributed by atoms with Crippen LogP contribution in [0.4, 0.5) is 0 Å². The molecule has 1 unspecified atom stereocenters. The average Bonchev–Trinajstić information content (AvgIpc) is 3.77. The van der Waals surface area contributed by atoms with Crippen LogP contribution in [0.15, 0.2) is 199 Å². The minimum Gasteiger partial charge on any atom is -0.352 e. The number of fused-ring (bicyclic) bond motifs is 6. The molecule has 0 bridgehead atoms. The quantitative estimate of drug-likeness (QED) is 0.125. The Morgan fingerprint density at radius 2 is 1.11 bits per heavy atom. The average molecular weight is 722 g/mol. The van der Waals surface area contributed by atoms with Crippen molar-refractivity contribution in [2.75, 3.05) is 0 Å². The first-order valence-electron chi connectivity index (χ1n) is 19.2. The van der Waals surface area contributed by atoms with Gasteiger partial charge in [0.1, 0.15) is 11.7 Å². The van der Waals surface area contributed by atoms with Crippen molar-refractivity contribution in [2.45, 2.75) is 13.1 Å². The Hall–Kier alpha value is -7.24. The van der Waals surface area contributed by atoms with Crippen molar-refractivity contribution in [3.8, 4) is 27.9 Å². The van der Waals surface area contributed by atoms with E-state index < -0.39 is 0 Å². The summed E-state index contributed by atoms with van der Waals surface area (Å²) < 4.78 is 4.70. The number of hydrogen-bond acceptors (Lipinski definition) is 1. The molecule has 2 heterocycles. The lowest BCUT2D eigenvalue weighted by Crippen LogP contribution is -2.29. The first kappa shape index (κ1) is 33.3. The molecule has 0 aliphatic heterocycles. The second-order valence-electron chi connectivity index (χ2n) is 14.4. The van der Waals surface area contributed by atoms with Crippen LogP contribution in [0.25, 0.3) is 71.6 Å². The second kappa shape index (κ2) is 14.2. The first-order valence-corrected chi connectivity index (χ1v) is 19.2. The fourth-order valence-electron chi connectivity index (χ4n) is 8.20. The van der Waals surface area contributed by atoms with Gasteiger partial charge in [-0.3, -0.25) is 5.41 Å². The molecule has 5 nitrogen and oxygen atoms in total. The van der Waals surface area contributed by atoms with E-state index in [2.05, 4.69) is 166 Å². The number of nitrogens with zero attached hydrogens (tertiary/aromatic N) is 3. The molecule has 5 heteroatoms. The molecule has 0 spiro atoms. The molecule has 7 aromatic carbocycles. The van der Waals surface area contributed by atoms with Crippen molar-refractivity contribution in [3.63, 3.8) is 0 Å². The summed E-state index contributed by atoms with van der Waals surface area (Å²) in [5, 5.41) is 17.4. The summed E-state index contributed by atoms with van der Waals surface area (Å²) >= 11 is 0. The number of amidine groups is 2. The van der Waals surface area contributed by atoms with Crippen molar-refractivity contribution in [2.24, 2.45) is 10.9 Å². The van der Waals surface area contributed by atoms with E-state index in [0.717, 1.165) is 39.8 Å². The normalized spacial score (nSPS) is 14.3. The summed E-state index contributed by atoms with van der Waals surface area (Å²) in [6.07, 6.45) is 8.97. The smallest absolute Gasteiger partial charge is 0.136 e. The van der Waals surface area contributed by atoms with Crippen molar-refractivity contribution in [1.82, 2.24) is 14.5 Å². The Labute approximate surface area is 325 Å². The molecule has 56 heavy (non-hydrogen) atoms. The van der Waals surface area contributed by atoms with Crippen molar-refractivity contribution in [1.29, 1.82) is 5.41 Å². The summed E-state index contributed by atoms with van der Waals surface area (Å²) in [4.78, 5) is 4.87. The minimum absolute atomic E-state index is 0.0356. The van der Waals surface area contributed by atoms with Gasteiger partial charge in [0.2, 0.25) is 0 Å². The summed E-state index contributed by atoms with van der Waals surface area (Å²) in [6, 6.07) is 60.6. The number of benzene rings is 7. The third-order valence-electron chi connectivity index (χ3n) is 11.0. The summed E-state index contributed by atoms with van der Waals surface area (Å²) in [7, 11) is 0. The maximum Gasteiger partial charge on any atom is 0.136 e. The van der Waals surface area contributed by atoms with E-state index >= 15 is 0 Å². The van der Waals surface area contributed by atoms with Crippen LogP contribution in [0, 0.1) is 11.3 Å². The largest absolute Gasteiger partial charge is 0.352 e. The molecule has 268 valence electrons. The molecule has 0 saturated carbocycles. The molecule has 2 N–H and O–H groups in total. The van der Waals surface area contributed by atoms with Crippen LogP contribution in [0.3, 0.4) is 0 Å². The van der Waals surface area contributed by atoms with Crippen molar-refractivity contribution >= 4 is 55.3 Å². The highest BCUT2D eigenvalue weighted by atomic mass is 15.2. The van der Waals surface area contributed by atoms with Crippen LogP contribution in [-0.4, -0.2) is 20.8 Å². The summed E-state index contributed by atoms with van der Waals surface area (Å²) in [5.41, 5.74) is 11.5. The van der Waals surface area contributed by atoms with Crippen molar-refractivity contribution < 1.29 is 0 Å². The lowest BCUT2D eigenvalue weighted by molar-refractivity contribution is 0.709. The molecule has 10 rings (SSSR count). The Balaban J connectivity index is 0.995. The molecular weight excluding hydrogens is 683 g/mol. The molecule has 0 saturated heterocycles. The van der Waals surface area contributed by atoms with Crippen LogP contribution in [0.2, 0.25) is 0 Å². The minimum atomic E-state index is -0.0356. The SMILES string of the molecule is N=C(N=C(NCn1c2ccccc2c2ccc(-c3ccc(-c4ccc5c6ccccc6n(-c6ccccc6)c5c4)cc3)cc21)c1ccccc1)C1C=CC=CC1. The fourth-order valence-corrected chi connectivity index (χ4v) is 8.20. The van der Waals surface area contributed by atoms with E-state index in [1.807, 2.05) is 42.5 Å². The van der Waals surface area contributed by atoms with Crippen LogP contribution in [0.1, 0.15) is 12.0 Å². The second-order valence-corrected chi connectivity index (χ2v) is 14.4. The Morgan fingerprint density at radius 3 is 1.79 bits per heavy atom. The summed E-state index contributed by atoms with van der Waals surface area (Å²) in [5.74, 6) is 1.01. The molecule has 9 aromatic rings. The maximum atomic E-state index is 8.85. The summed E-state index contributed by atoms with van der Waals surface area (Å²) in [6.45, 7) is 0.496. The molecule has 1 atom stereocenters. The van der Waals surface area contributed by atoms with Gasteiger partial charge in [0.05, 0.1) is 28.7 Å². The zero-order chi connectivity index (χ0) is 37.4. The number of allylic oxidation sites excluding steroid dienone is 3. The van der Waals surface area contributed by atoms with Gasteiger partial charge in [-0.1, -0.05) is 158 Å². The zero-order valence-electron chi connectivity index (χ0n) is 30.8. The van der Waals surface area contributed by atoms with Gasteiger partial charge in [0.15, 0.2) is 0 Å². The predicted molar refractivity (Wildman–Crippen MR) is 235 cm³/mol. The Bertz CT molecular complexity index is 3000. The van der Waals surface area contributed by atoms with Gasteiger partial charge in [0.25, 0.3) is 0 Å². The predicted octanol–water partition coefficient (Wildman–Crippen LogP) is 12.3. The monoisotopic (exact) mass is 721 g/mol. The third-order valence-corrected chi connectivity index (χ3v) is 11.0. The number of hydrogen-bond donors (Lipinski definition) is 2. The highest BCUT2D eigenvalue weighted by Gasteiger charge is 2.17. The van der Waals surface area contributed by atoms with Gasteiger partial charge in [-0.2, -0.15) is 0 Å². The molecule has 2 aromatic heterocycles. The topological polar surface area (TPSA) is 58.1 Å². The van der Waals surface area contributed by atoms with Gasteiger partial charge in [-0.05, 0) is 65.1 Å². The Kier molecular flexibility index (Phi) is 8.45. The number of aromatic nitrogens is 2. The lowest BCUT2D eigenvalue weighted by Gasteiger charge is -2.16. The van der Waals surface area contributed by atoms with E-state index in [4.69, 9.17) is 10.4 Å². The molecule has 1 aliphatic carbocycles. The maximum absolute atomic E-state index is 8.85. The number of aliphatic imine (C=N–C) groups is 1. The zero-order valence-corrected chi connectivity index (χ0v) is 30.8. The van der Waals surface area contributed by atoms with Gasteiger partial charge < -0.3 is 14.5 Å². The van der Waals surface area contributed by atoms with Crippen LogP contribution < -0.4 is 5.32 Å². The van der Waals surface area contributed by atoms with Gasteiger partial charge >= 0.3 is 0 Å². The number of para-hydroxylation sites is 3. The van der Waals surface area contributed by atoms with E-state index in [0.29, 0.717) is 18.3 Å². The molecular formula is C51H39N5. The molecule has 0 fully saturated rings. The van der Waals surface area contributed by atoms with E-state index in [-0.39, 0.29) is 5.92 Å². The Morgan fingerprint density at radius 1 is 0.554 bits per heavy atom. The number of nitrogens with one attached hydrogen (secondary N) is 2. The van der Waals surface area contributed by atoms with Crippen molar-refractivity contribution in [3.05, 3.63) is 200 Å². The van der Waals surface area contributed by atoms with E-state index in [1.54, 1.807) is 0 Å².